The number of thioether (sulfide) groups is 1. The molecule has 0 aliphatic carbocycles. The van der Waals surface area contributed by atoms with Gasteiger partial charge in [0.15, 0.2) is 22.5 Å². The number of thiophene rings is 1. The number of fused-ring (bicyclic) bond motifs is 2. The highest BCUT2D eigenvalue weighted by molar-refractivity contribution is 7.98. The molecule has 1 aliphatic heterocycles. The molecule has 0 saturated carbocycles. The van der Waals surface area contributed by atoms with E-state index in [1.165, 1.54) is 11.3 Å². The van der Waals surface area contributed by atoms with Crippen molar-refractivity contribution in [1.29, 1.82) is 0 Å². The number of nitrogens with two attached hydrogens (primary N) is 1. The Kier molecular flexibility index (Phi) is 5.19. The summed E-state index contributed by atoms with van der Waals surface area (Å²) >= 11 is 3.14. The summed E-state index contributed by atoms with van der Waals surface area (Å²) in [6, 6.07) is 9.83. The second kappa shape index (κ2) is 8.13. The molecule has 8 nitrogen and oxygen atoms in total. The summed E-state index contributed by atoms with van der Waals surface area (Å²) in [4.78, 5) is 6.19. The van der Waals surface area contributed by atoms with Gasteiger partial charge in [-0.1, -0.05) is 17.8 Å². The molecule has 1 aliphatic rings. The van der Waals surface area contributed by atoms with Crippen LogP contribution < -0.4 is 15.2 Å². The first kappa shape index (κ1) is 19.2. The monoisotopic (exact) mass is 441 g/mol. The van der Waals surface area contributed by atoms with Gasteiger partial charge in [0.2, 0.25) is 6.79 Å². The average molecular weight is 442 g/mol. The lowest BCUT2D eigenvalue weighted by Gasteiger charge is -2.09. The molecule has 0 atom stereocenters. The highest BCUT2D eigenvalue weighted by Gasteiger charge is 2.21. The average Bonchev–Trinajstić information content (AvgIpc) is 3.47. The summed E-state index contributed by atoms with van der Waals surface area (Å²) in [6.45, 7) is 1.45. The van der Waals surface area contributed by atoms with E-state index >= 15 is 0 Å². The summed E-state index contributed by atoms with van der Waals surface area (Å²) in [6.07, 6.45) is 1.77. The number of hydrogen-bond donors (Lipinski definition) is 1. The van der Waals surface area contributed by atoms with Gasteiger partial charge in [-0.25, -0.2) is 4.98 Å². The van der Waals surface area contributed by atoms with Gasteiger partial charge in [0.25, 0.3) is 0 Å². The topological polar surface area (TPSA) is 97.3 Å². The van der Waals surface area contributed by atoms with Crippen LogP contribution in [0.25, 0.3) is 20.9 Å². The third kappa shape index (κ3) is 3.47. The maximum absolute atomic E-state index is 6.42. The molecule has 1 aromatic carbocycles. The number of nitrogens with zero attached hydrogens (tertiary/aromatic N) is 4. The molecule has 0 radical (unpaired) electrons. The Hall–Kier alpha value is -2.82. The minimum absolute atomic E-state index is 0.270. The number of methoxy groups -OCH3 is 1. The molecular weight excluding hydrogens is 422 g/mol. The van der Waals surface area contributed by atoms with Crippen LogP contribution in [0.5, 0.6) is 11.5 Å². The van der Waals surface area contributed by atoms with E-state index in [1.807, 2.05) is 30.3 Å². The quantitative estimate of drug-likeness (QED) is 0.433. The van der Waals surface area contributed by atoms with Gasteiger partial charge in [-0.15, -0.1) is 21.5 Å². The molecule has 154 valence electrons. The number of hydrogen-bond acceptors (Lipinski definition) is 9. The Bertz CT molecular complexity index is 1210. The number of nitrogen functional groups attached to an aromatic ring is 1. The zero-order valence-electron chi connectivity index (χ0n) is 16.2. The Morgan fingerprint density at radius 1 is 1.23 bits per heavy atom. The van der Waals surface area contributed by atoms with Crippen molar-refractivity contribution in [2.24, 2.45) is 0 Å². The fourth-order valence-corrected chi connectivity index (χ4v) is 5.21. The number of aromatic nitrogens is 4. The second-order valence-electron chi connectivity index (χ2n) is 6.63. The summed E-state index contributed by atoms with van der Waals surface area (Å²) < 4.78 is 18.2. The van der Waals surface area contributed by atoms with Crippen LogP contribution in [0.3, 0.4) is 0 Å². The van der Waals surface area contributed by atoms with Crippen LogP contribution in [0.2, 0.25) is 0 Å². The Morgan fingerprint density at radius 2 is 2.13 bits per heavy atom. The van der Waals surface area contributed by atoms with Gasteiger partial charge in [0.05, 0.1) is 23.7 Å². The van der Waals surface area contributed by atoms with Gasteiger partial charge < -0.3 is 19.9 Å². The smallest absolute Gasteiger partial charge is 0.231 e. The lowest BCUT2D eigenvalue weighted by Crippen LogP contribution is -2.07. The molecule has 0 bridgehead atoms. The SMILES string of the molecule is COCCn1c(SCc2ccc3c(c2)OCO3)nnc1-c1sc2ncccc2c1N. The first-order valence-electron chi connectivity index (χ1n) is 9.31. The van der Waals surface area contributed by atoms with E-state index in [9.17, 15) is 0 Å². The molecule has 5 rings (SSSR count). The van der Waals surface area contributed by atoms with Crippen molar-refractivity contribution >= 4 is 39.0 Å². The van der Waals surface area contributed by atoms with E-state index in [4.69, 9.17) is 19.9 Å². The van der Waals surface area contributed by atoms with E-state index in [0.29, 0.717) is 18.8 Å². The van der Waals surface area contributed by atoms with Crippen LogP contribution in [0.15, 0.2) is 41.7 Å². The zero-order chi connectivity index (χ0) is 20.5. The van der Waals surface area contributed by atoms with Gasteiger partial charge in [0, 0.05) is 24.4 Å². The maximum atomic E-state index is 6.42. The van der Waals surface area contributed by atoms with Gasteiger partial charge in [-0.3, -0.25) is 4.57 Å². The van der Waals surface area contributed by atoms with Gasteiger partial charge in [-0.05, 0) is 29.8 Å². The van der Waals surface area contributed by atoms with Crippen molar-refractivity contribution in [3.63, 3.8) is 0 Å². The molecule has 2 N–H and O–H groups in total. The van der Waals surface area contributed by atoms with Crippen molar-refractivity contribution in [2.45, 2.75) is 17.5 Å². The van der Waals surface area contributed by atoms with Gasteiger partial charge in [0.1, 0.15) is 4.83 Å². The minimum Gasteiger partial charge on any atom is -0.454 e. The lowest BCUT2D eigenvalue weighted by atomic mass is 10.2. The van der Waals surface area contributed by atoms with Crippen molar-refractivity contribution < 1.29 is 14.2 Å². The van der Waals surface area contributed by atoms with E-state index in [2.05, 4.69) is 19.7 Å². The van der Waals surface area contributed by atoms with E-state index in [0.717, 1.165) is 48.9 Å². The molecule has 30 heavy (non-hydrogen) atoms. The van der Waals surface area contributed by atoms with Gasteiger partial charge >= 0.3 is 0 Å². The first-order valence-corrected chi connectivity index (χ1v) is 11.1. The summed E-state index contributed by atoms with van der Waals surface area (Å²) in [5.41, 5.74) is 8.23. The molecule has 0 spiro atoms. The van der Waals surface area contributed by atoms with Crippen LogP contribution in [-0.2, 0) is 17.0 Å². The molecule has 0 unspecified atom stereocenters. The fraction of sp³-hybridized carbons (Fsp3) is 0.250. The van der Waals surface area contributed by atoms with E-state index in [-0.39, 0.29) is 6.79 Å². The van der Waals surface area contributed by atoms with Crippen LogP contribution in [0, 0.1) is 0 Å². The largest absolute Gasteiger partial charge is 0.454 e. The Morgan fingerprint density at radius 3 is 3.00 bits per heavy atom. The second-order valence-corrected chi connectivity index (χ2v) is 8.57. The summed E-state index contributed by atoms with van der Waals surface area (Å²) in [5, 5.41) is 10.6. The van der Waals surface area contributed by atoms with Crippen molar-refractivity contribution in [2.75, 3.05) is 26.2 Å². The predicted octanol–water partition coefficient (Wildman–Crippen LogP) is 3.80. The Labute approximate surface area is 181 Å². The molecule has 0 amide bonds. The molecule has 10 heteroatoms. The lowest BCUT2D eigenvalue weighted by molar-refractivity contribution is 0.174. The van der Waals surface area contributed by atoms with Crippen molar-refractivity contribution in [1.82, 2.24) is 19.7 Å². The van der Waals surface area contributed by atoms with E-state index in [1.54, 1.807) is 25.1 Å². The van der Waals surface area contributed by atoms with E-state index < -0.39 is 0 Å². The van der Waals surface area contributed by atoms with Crippen LogP contribution in [-0.4, -0.2) is 40.3 Å². The van der Waals surface area contributed by atoms with Crippen LogP contribution in [0.4, 0.5) is 5.69 Å². The standard InChI is InChI=1S/C20H19N5O3S2/c1-26-8-7-25-18(17-16(21)13-3-2-6-22-19(13)30-17)23-24-20(25)29-10-12-4-5-14-15(9-12)28-11-27-14/h2-6,9H,7-8,10-11,21H2,1H3. The number of pyridine rings is 1. The van der Waals surface area contributed by atoms with Crippen LogP contribution in [0.1, 0.15) is 5.56 Å². The third-order valence-corrected chi connectivity index (χ3v) is 6.91. The highest BCUT2D eigenvalue weighted by Crippen LogP contribution is 2.40. The number of rotatable bonds is 7. The normalized spacial score (nSPS) is 12.7. The summed E-state index contributed by atoms with van der Waals surface area (Å²) in [7, 11) is 1.68. The van der Waals surface area contributed by atoms with Crippen molar-refractivity contribution in [3.05, 3.63) is 42.1 Å². The fourth-order valence-electron chi connectivity index (χ4n) is 3.24. The number of ether oxygens (including phenoxy) is 3. The number of benzene rings is 1. The summed E-state index contributed by atoms with van der Waals surface area (Å²) in [5.74, 6) is 3.02. The number of anilines is 1. The van der Waals surface area contributed by atoms with Crippen LogP contribution >= 0.6 is 23.1 Å². The highest BCUT2D eigenvalue weighted by atomic mass is 32.2. The molecule has 3 aromatic heterocycles. The first-order chi connectivity index (χ1) is 14.7. The Balaban J connectivity index is 1.45. The van der Waals surface area contributed by atoms with Crippen molar-refractivity contribution in [3.8, 4) is 22.2 Å². The molecule has 0 fully saturated rings. The molecular formula is C20H19N5O3S2. The maximum Gasteiger partial charge on any atom is 0.231 e. The molecule has 4 heterocycles. The zero-order valence-corrected chi connectivity index (χ0v) is 17.8. The predicted molar refractivity (Wildman–Crippen MR) is 117 cm³/mol. The third-order valence-electron chi connectivity index (χ3n) is 4.75. The van der Waals surface area contributed by atoms with Gasteiger partial charge in [-0.2, -0.15) is 0 Å². The minimum atomic E-state index is 0.270. The molecule has 0 saturated heterocycles. The molecule has 4 aromatic rings.